The lowest BCUT2D eigenvalue weighted by atomic mass is 10.2. The summed E-state index contributed by atoms with van der Waals surface area (Å²) in [5, 5.41) is 11.0. The second kappa shape index (κ2) is 3.45. The summed E-state index contributed by atoms with van der Waals surface area (Å²) in [6.45, 7) is 0. The number of hydrogen-bond acceptors (Lipinski definition) is 3. The molecule has 5 nitrogen and oxygen atoms in total. The molecular weight excluding hydrogens is 168 g/mol. The van der Waals surface area contributed by atoms with Gasteiger partial charge in [0.25, 0.3) is 0 Å². The van der Waals surface area contributed by atoms with Gasteiger partial charge in [0.15, 0.2) is 0 Å². The van der Waals surface area contributed by atoms with E-state index in [-0.39, 0.29) is 0 Å². The van der Waals surface area contributed by atoms with Crippen molar-refractivity contribution in [3.05, 3.63) is 23.8 Å². The molecule has 0 radical (unpaired) electrons. The predicted molar refractivity (Wildman–Crippen MR) is 48.8 cm³/mol. The molecule has 0 bridgehead atoms. The summed E-state index contributed by atoms with van der Waals surface area (Å²) in [5.74, 6) is 0. The van der Waals surface area contributed by atoms with Gasteiger partial charge in [-0.3, -0.25) is 0 Å². The van der Waals surface area contributed by atoms with Gasteiger partial charge in [-0.1, -0.05) is 0 Å². The summed E-state index contributed by atoms with van der Waals surface area (Å²) < 4.78 is 0. The normalized spacial score (nSPS) is 8.85. The third kappa shape index (κ3) is 2.10. The van der Waals surface area contributed by atoms with Gasteiger partial charge in [0.2, 0.25) is 0 Å². The van der Waals surface area contributed by atoms with Crippen LogP contribution in [0.1, 0.15) is 5.56 Å². The molecule has 0 aliphatic carbocycles. The van der Waals surface area contributed by atoms with E-state index in [1.54, 1.807) is 6.07 Å². The van der Waals surface area contributed by atoms with Crippen molar-refractivity contribution in [3.63, 3.8) is 0 Å². The predicted octanol–water partition coefficient (Wildman–Crippen LogP) is 0.631. The molecule has 0 saturated heterocycles. The van der Waals surface area contributed by atoms with Crippen molar-refractivity contribution in [1.29, 1.82) is 5.26 Å². The second-order valence-electron chi connectivity index (χ2n) is 2.41. The number of primary amides is 1. The largest absolute Gasteiger partial charge is 0.399 e. The van der Waals surface area contributed by atoms with Crippen molar-refractivity contribution in [2.24, 2.45) is 5.73 Å². The van der Waals surface area contributed by atoms with Crippen LogP contribution in [0.25, 0.3) is 0 Å². The first-order chi connectivity index (χ1) is 6.13. The molecule has 66 valence electrons. The summed E-state index contributed by atoms with van der Waals surface area (Å²) in [6, 6.07) is 5.75. The van der Waals surface area contributed by atoms with Crippen LogP contribution in [-0.2, 0) is 0 Å². The SMILES string of the molecule is N#Cc1cc(N)ccc1NC(N)=O. The molecule has 0 aliphatic rings. The highest BCUT2D eigenvalue weighted by atomic mass is 16.2. The van der Waals surface area contributed by atoms with Gasteiger partial charge < -0.3 is 16.8 Å². The van der Waals surface area contributed by atoms with Gasteiger partial charge in [-0.2, -0.15) is 5.26 Å². The number of amides is 2. The molecule has 13 heavy (non-hydrogen) atoms. The average molecular weight is 176 g/mol. The van der Waals surface area contributed by atoms with Gasteiger partial charge in [-0.25, -0.2) is 4.79 Å². The number of nitrogens with zero attached hydrogens (tertiary/aromatic N) is 1. The van der Waals surface area contributed by atoms with E-state index in [1.807, 2.05) is 6.07 Å². The number of carbonyl (C=O) groups is 1. The number of nitriles is 1. The first kappa shape index (κ1) is 8.87. The molecule has 1 rings (SSSR count). The van der Waals surface area contributed by atoms with Crippen molar-refractivity contribution in [1.82, 2.24) is 0 Å². The molecule has 1 aromatic carbocycles. The maximum absolute atomic E-state index is 10.5. The number of nitrogen functional groups attached to an aromatic ring is 1. The molecule has 0 aromatic heterocycles. The maximum atomic E-state index is 10.5. The Morgan fingerprint density at radius 3 is 2.77 bits per heavy atom. The minimum absolute atomic E-state index is 0.291. The summed E-state index contributed by atoms with van der Waals surface area (Å²) >= 11 is 0. The van der Waals surface area contributed by atoms with Crippen molar-refractivity contribution in [3.8, 4) is 6.07 Å². The van der Waals surface area contributed by atoms with Crippen LogP contribution in [0.5, 0.6) is 0 Å². The smallest absolute Gasteiger partial charge is 0.316 e. The number of nitrogens with one attached hydrogen (secondary N) is 1. The van der Waals surface area contributed by atoms with Crippen LogP contribution >= 0.6 is 0 Å². The van der Waals surface area contributed by atoms with Crippen molar-refractivity contribution in [2.45, 2.75) is 0 Å². The highest BCUT2D eigenvalue weighted by molar-refractivity contribution is 5.89. The van der Waals surface area contributed by atoms with Crippen molar-refractivity contribution in [2.75, 3.05) is 11.1 Å². The van der Waals surface area contributed by atoms with Crippen LogP contribution < -0.4 is 16.8 Å². The summed E-state index contributed by atoms with van der Waals surface area (Å²) in [7, 11) is 0. The second-order valence-corrected chi connectivity index (χ2v) is 2.41. The third-order valence-corrected chi connectivity index (χ3v) is 1.42. The Labute approximate surface area is 74.9 Å². The maximum Gasteiger partial charge on any atom is 0.316 e. The molecule has 0 heterocycles. The van der Waals surface area contributed by atoms with E-state index in [1.165, 1.54) is 12.1 Å². The van der Waals surface area contributed by atoms with Gasteiger partial charge in [0.05, 0.1) is 11.3 Å². The Kier molecular flexibility index (Phi) is 2.36. The topological polar surface area (TPSA) is 105 Å². The molecule has 0 unspecified atom stereocenters. The van der Waals surface area contributed by atoms with E-state index < -0.39 is 6.03 Å². The first-order valence-corrected chi connectivity index (χ1v) is 3.49. The lowest BCUT2D eigenvalue weighted by Gasteiger charge is -2.03. The zero-order valence-corrected chi connectivity index (χ0v) is 6.74. The first-order valence-electron chi connectivity index (χ1n) is 3.49. The minimum Gasteiger partial charge on any atom is -0.399 e. The van der Waals surface area contributed by atoms with Crippen LogP contribution in [0, 0.1) is 11.3 Å². The molecule has 0 fully saturated rings. The highest BCUT2D eigenvalue weighted by Crippen LogP contribution is 2.17. The Bertz CT molecular complexity index is 380. The van der Waals surface area contributed by atoms with E-state index in [2.05, 4.69) is 5.32 Å². The van der Waals surface area contributed by atoms with Crippen LogP contribution in [0.3, 0.4) is 0 Å². The Balaban J connectivity index is 3.08. The van der Waals surface area contributed by atoms with Crippen LogP contribution in [0.2, 0.25) is 0 Å². The Hall–Kier alpha value is -2.22. The fraction of sp³-hybridized carbons (Fsp3) is 0. The lowest BCUT2D eigenvalue weighted by molar-refractivity contribution is 0.259. The van der Waals surface area contributed by atoms with Gasteiger partial charge >= 0.3 is 6.03 Å². The standard InChI is InChI=1S/C8H8N4O/c9-4-5-3-6(10)1-2-7(5)12-8(11)13/h1-3H,10H2,(H3,11,12,13). The molecule has 2 amide bonds. The van der Waals surface area contributed by atoms with E-state index >= 15 is 0 Å². The van der Waals surface area contributed by atoms with E-state index in [9.17, 15) is 4.79 Å². The number of benzene rings is 1. The monoisotopic (exact) mass is 176 g/mol. The number of rotatable bonds is 1. The number of carbonyl (C=O) groups excluding carboxylic acids is 1. The van der Waals surface area contributed by atoms with Gasteiger partial charge in [0, 0.05) is 5.69 Å². The van der Waals surface area contributed by atoms with Gasteiger partial charge in [-0.15, -0.1) is 0 Å². The summed E-state index contributed by atoms with van der Waals surface area (Å²) in [5.41, 5.74) is 11.5. The molecular formula is C8H8N4O. The van der Waals surface area contributed by atoms with E-state index in [0.717, 1.165) is 0 Å². The van der Waals surface area contributed by atoms with Crippen molar-refractivity contribution >= 4 is 17.4 Å². The Morgan fingerprint density at radius 1 is 1.54 bits per heavy atom. The molecule has 5 heteroatoms. The molecule has 0 aliphatic heterocycles. The van der Waals surface area contributed by atoms with Crippen LogP contribution in [0.15, 0.2) is 18.2 Å². The van der Waals surface area contributed by atoms with Crippen LogP contribution in [0.4, 0.5) is 16.2 Å². The molecule has 0 atom stereocenters. The highest BCUT2D eigenvalue weighted by Gasteiger charge is 2.03. The fourth-order valence-corrected chi connectivity index (χ4v) is 0.896. The van der Waals surface area contributed by atoms with Crippen LogP contribution in [-0.4, -0.2) is 6.03 Å². The minimum atomic E-state index is -0.707. The third-order valence-electron chi connectivity index (χ3n) is 1.42. The average Bonchev–Trinajstić information content (AvgIpc) is 2.07. The molecule has 0 saturated carbocycles. The summed E-state index contributed by atoms with van der Waals surface area (Å²) in [4.78, 5) is 10.5. The number of hydrogen-bond donors (Lipinski definition) is 3. The number of nitrogens with two attached hydrogens (primary N) is 2. The zero-order chi connectivity index (χ0) is 9.84. The van der Waals surface area contributed by atoms with Gasteiger partial charge in [-0.05, 0) is 18.2 Å². The molecule has 0 spiro atoms. The van der Waals surface area contributed by atoms with E-state index in [4.69, 9.17) is 16.7 Å². The molecule has 1 aromatic rings. The lowest BCUT2D eigenvalue weighted by Crippen LogP contribution is -2.19. The quantitative estimate of drug-likeness (QED) is 0.546. The number of anilines is 2. The fourth-order valence-electron chi connectivity index (χ4n) is 0.896. The van der Waals surface area contributed by atoms with E-state index in [0.29, 0.717) is 16.9 Å². The summed E-state index contributed by atoms with van der Waals surface area (Å²) in [6.07, 6.45) is 0. The van der Waals surface area contributed by atoms with Crippen molar-refractivity contribution < 1.29 is 4.79 Å². The van der Waals surface area contributed by atoms with Gasteiger partial charge in [0.1, 0.15) is 6.07 Å². The zero-order valence-electron chi connectivity index (χ0n) is 6.74. The Morgan fingerprint density at radius 2 is 2.23 bits per heavy atom. The number of urea groups is 1. The molecule has 5 N–H and O–H groups in total.